The summed E-state index contributed by atoms with van der Waals surface area (Å²) >= 11 is 0. The number of nitrogens with zero attached hydrogens (tertiary/aromatic N) is 4. The highest BCUT2D eigenvalue weighted by Gasteiger charge is 2.31. The summed E-state index contributed by atoms with van der Waals surface area (Å²) in [6, 6.07) is 19.8. The number of ether oxygens (including phenoxy) is 3. The molecular weight excluding hydrogens is 741 g/mol. The minimum absolute atomic E-state index is 0. The summed E-state index contributed by atoms with van der Waals surface area (Å²) in [5.41, 5.74) is 9.42. The fourth-order valence-electron chi connectivity index (χ4n) is 5.34. The number of sulfone groups is 1. The number of ketones is 1. The predicted molar refractivity (Wildman–Crippen MR) is 202 cm³/mol. The molecule has 0 aliphatic rings. The molecule has 0 bridgehead atoms. The zero-order valence-electron chi connectivity index (χ0n) is 30.4. The van der Waals surface area contributed by atoms with Gasteiger partial charge in [-0.1, -0.05) is 57.2 Å². The molecule has 1 amide bonds. The van der Waals surface area contributed by atoms with Crippen LogP contribution in [0.3, 0.4) is 0 Å². The van der Waals surface area contributed by atoms with Gasteiger partial charge in [0.2, 0.25) is 6.29 Å². The van der Waals surface area contributed by atoms with Gasteiger partial charge in [-0.25, -0.2) is 27.0 Å². The van der Waals surface area contributed by atoms with E-state index in [2.05, 4.69) is 10.1 Å². The van der Waals surface area contributed by atoms with Crippen molar-refractivity contribution in [3.63, 3.8) is 0 Å². The standard InChI is InChI=1S/C38H40FN5O8S.ClH/c1-22(2)35(40)36(46)51-24(4)52-38(47)44(31-17-16-30(53(6,48)49)20-33(31)50-5)37-41-34-18-13-28(21-43(34)42-37)27-9-7-25(8-10-27)19-32(45)23(3)26-11-14-29(39)15-12-26;/h7-18,20-24,35H,19,40H2,1-6H3;1H/t23-,24?,35+;/m1./s1. The molecule has 16 heteroatoms. The number of fused-ring (bicyclic) bond motifs is 1. The lowest BCUT2D eigenvalue weighted by molar-refractivity contribution is -0.167. The average Bonchev–Trinajstić information content (AvgIpc) is 3.54. The summed E-state index contributed by atoms with van der Waals surface area (Å²) in [5, 5.41) is 4.53. The zero-order chi connectivity index (χ0) is 38.6. The van der Waals surface area contributed by atoms with E-state index in [1.165, 1.54) is 48.9 Å². The van der Waals surface area contributed by atoms with Gasteiger partial charge in [0.05, 0.1) is 17.7 Å². The number of hydrogen-bond donors (Lipinski definition) is 1. The van der Waals surface area contributed by atoms with Crippen LogP contribution < -0.4 is 15.4 Å². The molecule has 0 radical (unpaired) electrons. The van der Waals surface area contributed by atoms with Crippen LogP contribution in [0.15, 0.2) is 90.0 Å². The molecule has 3 aromatic carbocycles. The van der Waals surface area contributed by atoms with E-state index in [9.17, 15) is 27.2 Å². The molecule has 13 nitrogen and oxygen atoms in total. The first-order valence-corrected chi connectivity index (χ1v) is 18.5. The average molecular weight is 782 g/mol. The first-order valence-electron chi connectivity index (χ1n) is 16.6. The first-order chi connectivity index (χ1) is 25.0. The molecule has 5 aromatic rings. The Hall–Kier alpha value is -5.38. The molecule has 54 heavy (non-hydrogen) atoms. The summed E-state index contributed by atoms with van der Waals surface area (Å²) < 4.78 is 55.6. The van der Waals surface area contributed by atoms with Crippen LogP contribution in [0.4, 0.5) is 20.8 Å². The Morgan fingerprint density at radius 1 is 0.907 bits per heavy atom. The number of halogens is 2. The Balaban J connectivity index is 0.00000650. The number of nitrogens with two attached hydrogens (primary N) is 1. The number of esters is 1. The minimum Gasteiger partial charge on any atom is -0.495 e. The summed E-state index contributed by atoms with van der Waals surface area (Å²) in [4.78, 5) is 44.6. The van der Waals surface area contributed by atoms with Crippen molar-refractivity contribution in [2.75, 3.05) is 18.3 Å². The van der Waals surface area contributed by atoms with Crippen LogP contribution in [0.5, 0.6) is 5.75 Å². The Morgan fingerprint density at radius 3 is 2.17 bits per heavy atom. The van der Waals surface area contributed by atoms with Gasteiger partial charge in [0.25, 0.3) is 5.95 Å². The number of amides is 1. The SMILES string of the molecule is COc1cc(S(C)(=O)=O)ccc1N(C(=O)OC(C)OC(=O)[C@@H](N)C(C)C)c1nc2ccc(-c3ccc(CC(=O)[C@H](C)c4ccc(F)cc4)cc3)cn2n1.Cl. The van der Waals surface area contributed by atoms with Crippen molar-refractivity contribution in [2.45, 2.75) is 57.3 Å². The van der Waals surface area contributed by atoms with Gasteiger partial charge in [-0.15, -0.1) is 17.5 Å². The van der Waals surface area contributed by atoms with Crippen LogP contribution >= 0.6 is 12.4 Å². The normalized spacial score (nSPS) is 13.1. The second-order valence-corrected chi connectivity index (χ2v) is 14.9. The van der Waals surface area contributed by atoms with Crippen LogP contribution in [0.1, 0.15) is 44.7 Å². The third-order valence-electron chi connectivity index (χ3n) is 8.58. The molecule has 3 atom stereocenters. The molecule has 2 aromatic heterocycles. The van der Waals surface area contributed by atoms with Crippen LogP contribution in [0.25, 0.3) is 16.8 Å². The molecular formula is C38H41ClFN5O8S. The smallest absolute Gasteiger partial charge is 0.424 e. The number of aromatic nitrogens is 3. The summed E-state index contributed by atoms with van der Waals surface area (Å²) in [6.07, 6.45) is 0.526. The van der Waals surface area contributed by atoms with E-state index >= 15 is 0 Å². The molecule has 5 rings (SSSR count). The molecule has 0 aliphatic carbocycles. The van der Waals surface area contributed by atoms with E-state index in [0.29, 0.717) is 5.65 Å². The highest BCUT2D eigenvalue weighted by Crippen LogP contribution is 2.36. The monoisotopic (exact) mass is 781 g/mol. The molecule has 0 saturated heterocycles. The van der Waals surface area contributed by atoms with Gasteiger partial charge in [-0.05, 0) is 59.0 Å². The number of carbonyl (C=O) groups is 3. The maximum Gasteiger partial charge on any atom is 0.424 e. The Kier molecular flexibility index (Phi) is 13.2. The Bertz CT molecular complexity index is 2250. The van der Waals surface area contributed by atoms with Gasteiger partial charge in [-0.2, -0.15) is 4.98 Å². The fourth-order valence-corrected chi connectivity index (χ4v) is 5.97. The van der Waals surface area contributed by atoms with Crippen LogP contribution in [-0.2, 0) is 35.3 Å². The molecule has 0 saturated carbocycles. The number of carbonyl (C=O) groups excluding carboxylic acids is 3. The maximum absolute atomic E-state index is 13.8. The summed E-state index contributed by atoms with van der Waals surface area (Å²) in [5.74, 6) is -1.90. The molecule has 0 aliphatic heterocycles. The number of pyridine rings is 1. The number of rotatable bonds is 13. The third-order valence-corrected chi connectivity index (χ3v) is 9.69. The minimum atomic E-state index is -3.64. The lowest BCUT2D eigenvalue weighted by Gasteiger charge is -2.24. The largest absolute Gasteiger partial charge is 0.495 e. The highest BCUT2D eigenvalue weighted by molar-refractivity contribution is 7.90. The highest BCUT2D eigenvalue weighted by atomic mass is 35.5. The van der Waals surface area contributed by atoms with Crippen LogP contribution in [0.2, 0.25) is 0 Å². The van der Waals surface area contributed by atoms with Crippen molar-refractivity contribution in [1.82, 2.24) is 14.6 Å². The van der Waals surface area contributed by atoms with Gasteiger partial charge in [0, 0.05) is 43.3 Å². The van der Waals surface area contributed by atoms with E-state index in [-0.39, 0.29) is 58.6 Å². The lowest BCUT2D eigenvalue weighted by atomic mass is 9.92. The maximum atomic E-state index is 13.8. The molecule has 0 fully saturated rings. The number of Topliss-reactive ketones (excluding diaryl/α,β-unsaturated/α-hetero) is 1. The zero-order valence-corrected chi connectivity index (χ0v) is 32.1. The second kappa shape index (κ2) is 17.2. The van der Waals surface area contributed by atoms with Gasteiger partial charge in [0.15, 0.2) is 15.5 Å². The molecule has 1 unspecified atom stereocenters. The topological polar surface area (TPSA) is 172 Å². The van der Waals surface area contributed by atoms with Crippen LogP contribution in [0, 0.1) is 11.7 Å². The third kappa shape index (κ3) is 9.58. The number of benzene rings is 3. The summed E-state index contributed by atoms with van der Waals surface area (Å²) in [7, 11) is -2.33. The fraction of sp³-hybridized carbons (Fsp3) is 0.289. The lowest BCUT2D eigenvalue weighted by Crippen LogP contribution is -2.40. The van der Waals surface area contributed by atoms with Crippen molar-refractivity contribution in [2.24, 2.45) is 11.7 Å². The first kappa shape index (κ1) is 41.4. The van der Waals surface area contributed by atoms with Gasteiger partial charge in [-0.3, -0.25) is 9.59 Å². The van der Waals surface area contributed by atoms with Crippen molar-refractivity contribution in [1.29, 1.82) is 0 Å². The number of hydrogen-bond acceptors (Lipinski definition) is 11. The molecule has 0 spiro atoms. The van der Waals surface area contributed by atoms with Crippen LogP contribution in [-0.4, -0.2) is 66.6 Å². The van der Waals surface area contributed by atoms with E-state index < -0.39 is 40.1 Å². The van der Waals surface area contributed by atoms with Crippen molar-refractivity contribution in [3.05, 3.63) is 102 Å². The van der Waals surface area contributed by atoms with Gasteiger partial charge >= 0.3 is 12.1 Å². The van der Waals surface area contributed by atoms with E-state index in [1.807, 2.05) is 30.3 Å². The predicted octanol–water partition coefficient (Wildman–Crippen LogP) is 6.43. The van der Waals surface area contributed by atoms with E-state index in [4.69, 9.17) is 19.9 Å². The van der Waals surface area contributed by atoms with Crippen molar-refractivity contribution < 1.29 is 41.4 Å². The van der Waals surface area contributed by atoms with Gasteiger partial charge in [0.1, 0.15) is 23.4 Å². The second-order valence-electron chi connectivity index (χ2n) is 12.8. The Labute approximate surface area is 318 Å². The summed E-state index contributed by atoms with van der Waals surface area (Å²) in [6.45, 7) is 6.64. The van der Waals surface area contributed by atoms with Crippen molar-refractivity contribution in [3.8, 4) is 16.9 Å². The van der Waals surface area contributed by atoms with Gasteiger partial charge < -0.3 is 19.9 Å². The molecule has 286 valence electrons. The number of methoxy groups -OCH3 is 1. The molecule has 2 heterocycles. The Morgan fingerprint density at radius 2 is 1.56 bits per heavy atom. The van der Waals surface area contributed by atoms with E-state index in [1.54, 1.807) is 45.2 Å². The van der Waals surface area contributed by atoms with E-state index in [0.717, 1.165) is 33.4 Å². The number of anilines is 2. The van der Waals surface area contributed by atoms with Crippen molar-refractivity contribution >= 4 is 57.4 Å². The molecule has 2 N–H and O–H groups in total. The quantitative estimate of drug-likeness (QED) is 0.103.